The van der Waals surface area contributed by atoms with Gasteiger partial charge in [0.05, 0.1) is 19.8 Å². The van der Waals surface area contributed by atoms with Gasteiger partial charge in [-0.25, -0.2) is 9.59 Å². The predicted molar refractivity (Wildman–Crippen MR) is 108 cm³/mol. The van der Waals surface area contributed by atoms with Gasteiger partial charge in [-0.05, 0) is 23.3 Å². The quantitative estimate of drug-likeness (QED) is 0.289. The summed E-state index contributed by atoms with van der Waals surface area (Å²) in [7, 11) is 2.48. The fourth-order valence-electron chi connectivity index (χ4n) is 2.73. The van der Waals surface area contributed by atoms with E-state index < -0.39 is 18.5 Å². The molecule has 160 valence electrons. The molecule has 0 atom stereocenters. The molecule has 31 heavy (non-hydrogen) atoms. The van der Waals surface area contributed by atoms with Crippen molar-refractivity contribution in [2.24, 2.45) is 0 Å². The number of aromatic nitrogens is 2. The molecule has 0 unspecified atom stereocenters. The van der Waals surface area contributed by atoms with E-state index in [1.54, 1.807) is 12.4 Å². The summed E-state index contributed by atoms with van der Waals surface area (Å²) in [5.41, 5.74) is 0.233. The monoisotopic (exact) mass is 425 g/mol. The lowest BCUT2D eigenvalue weighted by Gasteiger charge is -2.12. The first-order chi connectivity index (χ1) is 15.0. The topological polar surface area (TPSA) is 105 Å². The van der Waals surface area contributed by atoms with E-state index >= 15 is 0 Å². The van der Waals surface area contributed by atoms with Crippen molar-refractivity contribution in [1.29, 1.82) is 0 Å². The second-order valence-corrected chi connectivity index (χ2v) is 6.41. The number of hydrogen-bond acceptors (Lipinski definition) is 8. The summed E-state index contributed by atoms with van der Waals surface area (Å²) in [5.74, 6) is -1.05. The number of carbonyl (C=O) groups excluding carboxylic acids is 3. The van der Waals surface area contributed by atoms with Crippen molar-refractivity contribution >= 4 is 28.5 Å². The van der Waals surface area contributed by atoms with Gasteiger partial charge in [0.2, 0.25) is 18.5 Å². The van der Waals surface area contributed by atoms with Gasteiger partial charge in [0.25, 0.3) is 0 Å². The van der Waals surface area contributed by atoms with Gasteiger partial charge in [-0.1, -0.05) is 22.9 Å². The van der Waals surface area contributed by atoms with Gasteiger partial charge >= 0.3 is 11.9 Å². The number of ketones is 1. The molecule has 0 aliphatic carbocycles. The number of Topliss-reactive ketones (excluding diaryl/α,β-unsaturated/α-hetero) is 1. The number of rotatable bonds is 9. The fraction of sp³-hybridized carbons (Fsp3) is 0.227. The molecule has 3 rings (SSSR count). The number of nitrogens with zero attached hydrogens (tertiary/aromatic N) is 2. The van der Waals surface area contributed by atoms with E-state index in [1.165, 1.54) is 37.1 Å². The smallest absolute Gasteiger partial charge is 0.343 e. The van der Waals surface area contributed by atoms with Crippen LogP contribution in [0.2, 0.25) is 0 Å². The highest BCUT2D eigenvalue weighted by molar-refractivity contribution is 5.98. The van der Waals surface area contributed by atoms with Crippen LogP contribution in [0.3, 0.4) is 0 Å². The molecule has 0 aliphatic heterocycles. The van der Waals surface area contributed by atoms with Gasteiger partial charge < -0.3 is 18.9 Å². The van der Waals surface area contributed by atoms with Crippen LogP contribution in [0.4, 0.5) is 0 Å². The second-order valence-electron chi connectivity index (χ2n) is 6.41. The van der Waals surface area contributed by atoms with Gasteiger partial charge in [-0.15, -0.1) is 0 Å². The van der Waals surface area contributed by atoms with E-state index in [9.17, 15) is 14.4 Å². The lowest BCUT2D eigenvalue weighted by molar-refractivity contribution is -0.740. The minimum atomic E-state index is -0.607. The van der Waals surface area contributed by atoms with Crippen molar-refractivity contribution in [2.75, 3.05) is 27.4 Å². The van der Waals surface area contributed by atoms with Gasteiger partial charge in [-0.2, -0.15) is 0 Å². The number of ether oxygens (including phenoxy) is 4. The van der Waals surface area contributed by atoms with E-state index in [0.717, 1.165) is 10.8 Å². The van der Waals surface area contributed by atoms with Crippen molar-refractivity contribution in [3.63, 3.8) is 0 Å². The van der Waals surface area contributed by atoms with Crippen LogP contribution in [0.1, 0.15) is 10.4 Å². The highest BCUT2D eigenvalue weighted by Gasteiger charge is 2.20. The van der Waals surface area contributed by atoms with Crippen LogP contribution in [-0.2, 0) is 25.6 Å². The summed E-state index contributed by atoms with van der Waals surface area (Å²) < 4.78 is 21.4. The normalized spacial score (nSPS) is 10.4. The average molecular weight is 425 g/mol. The lowest BCUT2D eigenvalue weighted by atomic mass is 10.1. The molecule has 9 heteroatoms. The molecule has 0 saturated carbocycles. The number of fused-ring (bicyclic) bond motifs is 1. The Labute approximate surface area is 178 Å². The minimum Gasteiger partial charge on any atom is -0.482 e. The molecule has 0 saturated heterocycles. The van der Waals surface area contributed by atoms with Crippen LogP contribution >= 0.6 is 0 Å². The SMILES string of the molecule is COC(=O)COc1ccc(C(=O)C[n+]2cc3ccccc3cn2)c(OCC(=O)OC)c1. The van der Waals surface area contributed by atoms with Gasteiger partial charge in [0.15, 0.2) is 13.2 Å². The van der Waals surface area contributed by atoms with Crippen LogP contribution in [0.25, 0.3) is 10.8 Å². The van der Waals surface area contributed by atoms with Crippen LogP contribution in [0.15, 0.2) is 54.9 Å². The third kappa shape index (κ3) is 5.75. The van der Waals surface area contributed by atoms with Crippen molar-refractivity contribution < 1.29 is 38.0 Å². The van der Waals surface area contributed by atoms with Crippen molar-refractivity contribution in [1.82, 2.24) is 5.10 Å². The summed E-state index contributed by atoms with van der Waals surface area (Å²) in [5, 5.41) is 6.17. The minimum absolute atomic E-state index is 0.0399. The molecule has 9 nitrogen and oxygen atoms in total. The first-order valence-corrected chi connectivity index (χ1v) is 9.31. The molecule has 0 fully saturated rings. The maximum Gasteiger partial charge on any atom is 0.343 e. The molecule has 0 radical (unpaired) electrons. The third-order valence-electron chi connectivity index (χ3n) is 4.35. The molecule has 0 amide bonds. The Kier molecular flexibility index (Phi) is 7.10. The molecule has 0 bridgehead atoms. The van der Waals surface area contributed by atoms with Crippen molar-refractivity contribution in [2.45, 2.75) is 6.54 Å². The van der Waals surface area contributed by atoms with Crippen molar-refractivity contribution in [3.05, 3.63) is 60.4 Å². The average Bonchev–Trinajstić information content (AvgIpc) is 2.80. The molecule has 1 aromatic heterocycles. The van der Waals surface area contributed by atoms with Crippen LogP contribution in [0.5, 0.6) is 11.5 Å². The molecule has 0 spiro atoms. The first kappa shape index (κ1) is 21.7. The molecular formula is C22H21N2O7+. The van der Waals surface area contributed by atoms with E-state index in [4.69, 9.17) is 9.47 Å². The van der Waals surface area contributed by atoms with Crippen LogP contribution in [-0.4, -0.2) is 50.3 Å². The molecular weight excluding hydrogens is 404 g/mol. The fourth-order valence-corrected chi connectivity index (χ4v) is 2.73. The molecule has 1 heterocycles. The summed E-state index contributed by atoms with van der Waals surface area (Å²) in [4.78, 5) is 35.7. The Morgan fingerprint density at radius 3 is 2.29 bits per heavy atom. The summed E-state index contributed by atoms with van der Waals surface area (Å²) >= 11 is 0. The van der Waals surface area contributed by atoms with E-state index in [1.807, 2.05) is 24.3 Å². The summed E-state index contributed by atoms with van der Waals surface area (Å²) in [6, 6.07) is 12.1. The Morgan fingerprint density at radius 2 is 1.58 bits per heavy atom. The van der Waals surface area contributed by atoms with Gasteiger partial charge in [0.1, 0.15) is 17.7 Å². The lowest BCUT2D eigenvalue weighted by Crippen LogP contribution is -2.41. The Hall–Kier alpha value is -4.01. The molecule has 0 N–H and O–H groups in total. The van der Waals surface area contributed by atoms with Crippen LogP contribution in [0, 0.1) is 0 Å². The third-order valence-corrected chi connectivity index (χ3v) is 4.35. The van der Waals surface area contributed by atoms with Crippen LogP contribution < -0.4 is 14.2 Å². The summed E-state index contributed by atoms with van der Waals surface area (Å²) in [6.07, 6.45) is 3.46. The zero-order valence-corrected chi connectivity index (χ0v) is 17.1. The number of benzene rings is 2. The number of methoxy groups -OCH3 is 2. The molecule has 0 aliphatic rings. The molecule has 3 aromatic rings. The summed E-state index contributed by atoms with van der Waals surface area (Å²) in [6.45, 7) is -0.739. The zero-order chi connectivity index (χ0) is 22.2. The number of esters is 2. The molecule has 2 aromatic carbocycles. The Morgan fingerprint density at radius 1 is 0.903 bits per heavy atom. The second kappa shape index (κ2) is 10.1. The first-order valence-electron chi connectivity index (χ1n) is 9.31. The highest BCUT2D eigenvalue weighted by Crippen LogP contribution is 2.26. The van der Waals surface area contributed by atoms with Gasteiger partial charge in [-0.3, -0.25) is 4.79 Å². The zero-order valence-electron chi connectivity index (χ0n) is 17.1. The van der Waals surface area contributed by atoms with E-state index in [2.05, 4.69) is 14.6 Å². The maximum atomic E-state index is 12.9. The Balaban J connectivity index is 1.82. The van der Waals surface area contributed by atoms with Gasteiger partial charge in [0, 0.05) is 16.8 Å². The largest absolute Gasteiger partial charge is 0.482 e. The standard InChI is InChI=1S/C22H21N2O7/c1-28-21(26)13-30-17-7-8-18(20(9-17)31-14-22(27)29-2)19(25)12-24-11-16-6-4-3-5-15(16)10-23-24/h3-11H,12-14H2,1-2H3/q+1. The maximum absolute atomic E-state index is 12.9. The highest BCUT2D eigenvalue weighted by atomic mass is 16.6. The Bertz CT molecular complexity index is 1110. The number of hydrogen-bond donors (Lipinski definition) is 0. The van der Waals surface area contributed by atoms with E-state index in [-0.39, 0.29) is 36.0 Å². The van der Waals surface area contributed by atoms with Crippen molar-refractivity contribution in [3.8, 4) is 11.5 Å². The predicted octanol–water partition coefficient (Wildman–Crippen LogP) is 1.51. The number of carbonyl (C=O) groups is 3. The van der Waals surface area contributed by atoms with E-state index in [0.29, 0.717) is 0 Å².